The van der Waals surface area contributed by atoms with Crippen molar-refractivity contribution in [3.05, 3.63) is 12.7 Å². The highest BCUT2D eigenvalue weighted by Gasteiger charge is 2.69. The van der Waals surface area contributed by atoms with Crippen molar-refractivity contribution in [2.75, 3.05) is 40.8 Å². The topological polar surface area (TPSA) is 177 Å². The molecule has 2 saturated heterocycles. The third-order valence-corrected chi connectivity index (χ3v) is 12.6. The van der Waals surface area contributed by atoms with E-state index in [0.29, 0.717) is 32.2 Å². The maximum absolute atomic E-state index is 14.4. The van der Waals surface area contributed by atoms with Crippen LogP contribution < -0.4 is 21.3 Å². The van der Waals surface area contributed by atoms with E-state index in [1.54, 1.807) is 4.90 Å². The van der Waals surface area contributed by atoms with E-state index < -0.39 is 63.4 Å². The van der Waals surface area contributed by atoms with E-state index in [9.17, 15) is 32.4 Å². The summed E-state index contributed by atoms with van der Waals surface area (Å²) in [5.41, 5.74) is -0.723. The van der Waals surface area contributed by atoms with Crippen molar-refractivity contribution >= 4 is 39.7 Å². The highest BCUT2D eigenvalue weighted by atomic mass is 32.2. The highest BCUT2D eigenvalue weighted by Crippen LogP contribution is 2.65. The van der Waals surface area contributed by atoms with Crippen LogP contribution in [0.4, 0.5) is 4.79 Å². The molecular weight excluding hydrogens is 662 g/mol. The zero-order valence-electron chi connectivity index (χ0n) is 31.3. The lowest BCUT2D eigenvalue weighted by atomic mass is 9.86. The van der Waals surface area contributed by atoms with Crippen LogP contribution in [0.25, 0.3) is 0 Å². The number of Topliss-reactive ketones (excluding diaryl/α,β-unsaturated/α-hetero) is 1. The number of hydrogen-bond acceptors (Lipinski definition) is 7. The number of piperidine rings is 1. The van der Waals surface area contributed by atoms with Gasteiger partial charge in [-0.05, 0) is 35.5 Å². The minimum absolute atomic E-state index is 0.00829. The minimum Gasteiger partial charge on any atom is -0.346 e. The number of carbonyl (C=O) groups excluding carboxylic acids is 5. The predicted octanol–water partition coefficient (Wildman–Crippen LogP) is 2.17. The number of carbonyl (C=O) groups is 5. The van der Waals surface area contributed by atoms with Gasteiger partial charge in [-0.15, -0.1) is 6.58 Å². The summed E-state index contributed by atoms with van der Waals surface area (Å²) in [6.45, 7) is 13.9. The van der Waals surface area contributed by atoms with Crippen LogP contribution in [0.5, 0.6) is 0 Å². The van der Waals surface area contributed by atoms with Crippen molar-refractivity contribution in [1.29, 1.82) is 0 Å². The molecule has 0 bridgehead atoms. The number of hydrogen-bond donors (Lipinski definition) is 4. The Kier molecular flexibility index (Phi) is 14.1. The average molecular weight is 724 g/mol. The normalized spacial score (nSPS) is 27.1. The molecule has 14 nitrogen and oxygen atoms in total. The molecule has 4 N–H and O–H groups in total. The second-order valence-electron chi connectivity index (χ2n) is 16.0. The van der Waals surface area contributed by atoms with Gasteiger partial charge < -0.3 is 26.2 Å². The molecule has 1 unspecified atom stereocenters. The lowest BCUT2D eigenvalue weighted by Gasteiger charge is -2.36. The molecule has 5 amide bonds. The molecule has 0 aromatic rings. The molecule has 284 valence electrons. The van der Waals surface area contributed by atoms with Crippen LogP contribution in [0.15, 0.2) is 12.7 Å². The fraction of sp³-hybridized carbons (Fsp3) is 0.800. The Morgan fingerprint density at radius 1 is 1.02 bits per heavy atom. The standard InChI is InChI=1S/C35H61N7O7S/c1-10-20-36-31(45)29(43)24-18-16-14-12-11-13-15-17-19-25(32(46)42-21-23-27(35(23,5)6)28(42)30(44)37-24)38-33(47)39-26(34(2,3)4)22-41(9)50(48,49)40(7)8/h10,23-28H,1,11-22H2,2-9H3,(H,36,45)(H,37,44)(H2,38,39,47)/t23-,24-,25?,26+,27-,28-/m0/s1. The average Bonchev–Trinajstić information content (AvgIpc) is 3.33. The molecule has 0 spiro atoms. The van der Waals surface area contributed by atoms with Gasteiger partial charge in [-0.25, -0.2) is 4.79 Å². The molecule has 3 fully saturated rings. The largest absolute Gasteiger partial charge is 0.346 e. The van der Waals surface area contributed by atoms with Gasteiger partial charge in [0.25, 0.3) is 16.1 Å². The molecule has 1 aliphatic carbocycles. The third kappa shape index (κ3) is 10.1. The van der Waals surface area contributed by atoms with Gasteiger partial charge in [0.1, 0.15) is 12.1 Å². The van der Waals surface area contributed by atoms with Gasteiger partial charge in [0.15, 0.2) is 0 Å². The number of urea groups is 1. The van der Waals surface area contributed by atoms with Crippen molar-refractivity contribution < 1.29 is 32.4 Å². The van der Waals surface area contributed by atoms with E-state index in [2.05, 4.69) is 41.7 Å². The Morgan fingerprint density at radius 3 is 2.16 bits per heavy atom. The molecule has 1 saturated carbocycles. The fourth-order valence-electron chi connectivity index (χ4n) is 7.31. The SMILES string of the molecule is C=CCNC(=O)C(=O)[C@@H]1CCCCCCCCCC(NC(=O)N[C@H](CN(C)S(=O)(=O)N(C)C)C(C)(C)C)C(=O)N2C[C@H]3[C@@H]([C@H]2C(=O)N1)C3(C)C. The molecule has 0 aromatic carbocycles. The van der Waals surface area contributed by atoms with Crippen molar-refractivity contribution in [3.63, 3.8) is 0 Å². The van der Waals surface area contributed by atoms with Crippen LogP contribution in [0, 0.1) is 22.7 Å². The number of fused-ring (bicyclic) bond motifs is 3. The lowest BCUT2D eigenvalue weighted by molar-refractivity contribution is -0.144. The summed E-state index contributed by atoms with van der Waals surface area (Å²) in [4.78, 5) is 69.4. The minimum atomic E-state index is -3.73. The first-order chi connectivity index (χ1) is 23.2. The summed E-state index contributed by atoms with van der Waals surface area (Å²) in [6, 6.07) is -4.01. The zero-order valence-corrected chi connectivity index (χ0v) is 32.2. The predicted molar refractivity (Wildman–Crippen MR) is 192 cm³/mol. The number of ketones is 1. The summed E-state index contributed by atoms with van der Waals surface area (Å²) < 4.78 is 27.8. The second kappa shape index (κ2) is 17.0. The molecule has 0 aromatic heterocycles. The number of nitrogens with one attached hydrogen (secondary N) is 4. The second-order valence-corrected chi connectivity index (χ2v) is 18.3. The quantitative estimate of drug-likeness (QED) is 0.197. The van der Waals surface area contributed by atoms with Gasteiger partial charge in [-0.3, -0.25) is 19.2 Å². The molecule has 3 rings (SSSR count). The summed E-state index contributed by atoms with van der Waals surface area (Å²) in [6.07, 6.45) is 8.07. The Morgan fingerprint density at radius 2 is 1.60 bits per heavy atom. The lowest BCUT2D eigenvalue weighted by Crippen LogP contribution is -2.60. The molecule has 2 heterocycles. The van der Waals surface area contributed by atoms with Crippen LogP contribution in [-0.2, 0) is 29.4 Å². The number of rotatable bonds is 10. The van der Waals surface area contributed by atoms with Crippen molar-refractivity contribution in [2.45, 2.75) is 117 Å². The van der Waals surface area contributed by atoms with Crippen molar-refractivity contribution in [1.82, 2.24) is 34.8 Å². The Bertz CT molecular complexity index is 1380. The highest BCUT2D eigenvalue weighted by molar-refractivity contribution is 7.86. The smallest absolute Gasteiger partial charge is 0.315 e. The first-order valence-corrected chi connectivity index (χ1v) is 19.4. The van der Waals surface area contributed by atoms with Gasteiger partial charge in [0.05, 0.1) is 6.04 Å². The Hall–Kier alpha value is -3.04. The molecule has 15 heteroatoms. The van der Waals surface area contributed by atoms with Crippen LogP contribution >= 0.6 is 0 Å². The first kappa shape index (κ1) is 41.4. The van der Waals surface area contributed by atoms with Gasteiger partial charge in [0, 0.05) is 46.8 Å². The van der Waals surface area contributed by atoms with E-state index in [0.717, 1.165) is 36.4 Å². The van der Waals surface area contributed by atoms with Crippen LogP contribution in [-0.4, -0.2) is 116 Å². The zero-order chi connectivity index (χ0) is 37.6. The number of likely N-dealkylation sites (N-methyl/N-ethyl adjacent to an activating group) is 1. The van der Waals surface area contributed by atoms with Crippen LogP contribution in [0.3, 0.4) is 0 Å². The van der Waals surface area contributed by atoms with E-state index in [1.807, 2.05) is 20.8 Å². The van der Waals surface area contributed by atoms with Crippen LogP contribution in [0.2, 0.25) is 0 Å². The first-order valence-electron chi connectivity index (χ1n) is 18.0. The summed E-state index contributed by atoms with van der Waals surface area (Å²) in [5.74, 6) is -2.42. The molecule has 2 aliphatic heterocycles. The van der Waals surface area contributed by atoms with E-state index in [1.165, 1.54) is 31.5 Å². The Labute approximate surface area is 299 Å². The third-order valence-electron chi connectivity index (χ3n) is 10.8. The van der Waals surface area contributed by atoms with E-state index >= 15 is 0 Å². The molecule has 6 atom stereocenters. The van der Waals surface area contributed by atoms with Gasteiger partial charge in [-0.2, -0.15) is 17.0 Å². The van der Waals surface area contributed by atoms with Crippen molar-refractivity contribution in [3.8, 4) is 0 Å². The van der Waals surface area contributed by atoms with E-state index in [-0.39, 0.29) is 36.2 Å². The maximum Gasteiger partial charge on any atom is 0.315 e. The fourth-order valence-corrected chi connectivity index (χ4v) is 8.21. The molecular formula is C35H61N7O7S. The van der Waals surface area contributed by atoms with Crippen LogP contribution in [0.1, 0.15) is 92.4 Å². The van der Waals surface area contributed by atoms with Gasteiger partial charge in [0.2, 0.25) is 17.6 Å². The summed E-state index contributed by atoms with van der Waals surface area (Å²) in [5, 5.41) is 11.2. The summed E-state index contributed by atoms with van der Waals surface area (Å²) >= 11 is 0. The Balaban J connectivity index is 1.87. The monoisotopic (exact) mass is 723 g/mol. The number of nitrogens with zero attached hydrogens (tertiary/aromatic N) is 3. The van der Waals surface area contributed by atoms with Gasteiger partial charge in [-0.1, -0.05) is 85.6 Å². The number of amides is 5. The van der Waals surface area contributed by atoms with E-state index in [4.69, 9.17) is 0 Å². The molecule has 0 radical (unpaired) electrons. The maximum atomic E-state index is 14.4. The van der Waals surface area contributed by atoms with Gasteiger partial charge >= 0.3 is 6.03 Å². The summed E-state index contributed by atoms with van der Waals surface area (Å²) in [7, 11) is 0.604. The molecule has 3 aliphatic rings. The molecule has 50 heavy (non-hydrogen) atoms. The van der Waals surface area contributed by atoms with Crippen molar-refractivity contribution in [2.24, 2.45) is 22.7 Å².